The zero-order valence-corrected chi connectivity index (χ0v) is 11.6. The minimum Gasteiger partial charge on any atom is -0.399 e. The van der Waals surface area contributed by atoms with Gasteiger partial charge in [0.2, 0.25) is 0 Å². The first kappa shape index (κ1) is 12.9. The van der Waals surface area contributed by atoms with Gasteiger partial charge in [-0.3, -0.25) is 0 Å². The molecule has 0 fully saturated rings. The first-order valence-electron chi connectivity index (χ1n) is 6.57. The number of benzene rings is 2. The summed E-state index contributed by atoms with van der Waals surface area (Å²) in [6.45, 7) is 0. The van der Waals surface area contributed by atoms with Gasteiger partial charge in [0.15, 0.2) is 0 Å². The highest BCUT2D eigenvalue weighted by molar-refractivity contribution is 5.84. The Morgan fingerprint density at radius 2 is 1.81 bits per heavy atom. The van der Waals surface area contributed by atoms with Crippen molar-refractivity contribution in [3.8, 4) is 6.07 Å². The topological polar surface area (TPSA) is 65.9 Å². The van der Waals surface area contributed by atoms with E-state index in [2.05, 4.69) is 11.1 Å². The molecule has 0 aliphatic heterocycles. The molecule has 0 saturated carbocycles. The van der Waals surface area contributed by atoms with E-state index in [1.165, 1.54) is 0 Å². The molecule has 0 unspecified atom stereocenters. The lowest BCUT2D eigenvalue weighted by atomic mass is 10.2. The number of anilines is 3. The average Bonchev–Trinajstić information content (AvgIpc) is 2.53. The summed E-state index contributed by atoms with van der Waals surface area (Å²) in [6, 6.07) is 19.2. The van der Waals surface area contributed by atoms with Crippen LogP contribution in [0.25, 0.3) is 10.9 Å². The molecule has 4 nitrogen and oxygen atoms in total. The summed E-state index contributed by atoms with van der Waals surface area (Å²) in [4.78, 5) is 6.62. The number of nitrogen functional groups attached to an aromatic ring is 1. The zero-order valence-electron chi connectivity index (χ0n) is 11.6. The van der Waals surface area contributed by atoms with Crippen LogP contribution in [0.1, 0.15) is 5.56 Å². The Hall–Kier alpha value is -3.06. The van der Waals surface area contributed by atoms with Crippen LogP contribution in [0.3, 0.4) is 0 Å². The SMILES string of the molecule is CN(c1ccc(C#N)cc1)c1ccc2cc(N)ccc2n1. The van der Waals surface area contributed by atoms with Crippen molar-refractivity contribution in [1.29, 1.82) is 5.26 Å². The van der Waals surface area contributed by atoms with Crippen LogP contribution in [0, 0.1) is 11.3 Å². The van der Waals surface area contributed by atoms with Gasteiger partial charge in [-0.1, -0.05) is 0 Å². The van der Waals surface area contributed by atoms with Gasteiger partial charge in [0.1, 0.15) is 5.82 Å². The minimum atomic E-state index is 0.647. The van der Waals surface area contributed by atoms with E-state index in [-0.39, 0.29) is 0 Å². The molecular weight excluding hydrogens is 260 g/mol. The number of aromatic nitrogens is 1. The first-order valence-corrected chi connectivity index (χ1v) is 6.57. The maximum absolute atomic E-state index is 8.84. The lowest BCUT2D eigenvalue weighted by Crippen LogP contribution is -2.11. The highest BCUT2D eigenvalue weighted by Gasteiger charge is 2.06. The lowest BCUT2D eigenvalue weighted by Gasteiger charge is -2.18. The summed E-state index contributed by atoms with van der Waals surface area (Å²) in [5.74, 6) is 0.844. The van der Waals surface area contributed by atoms with Crippen LogP contribution in [-0.2, 0) is 0 Å². The summed E-state index contributed by atoms with van der Waals surface area (Å²) < 4.78 is 0. The van der Waals surface area contributed by atoms with Crippen molar-refractivity contribution in [1.82, 2.24) is 4.98 Å². The molecule has 0 radical (unpaired) electrons. The zero-order chi connectivity index (χ0) is 14.8. The van der Waals surface area contributed by atoms with Crippen molar-refractivity contribution in [3.63, 3.8) is 0 Å². The third kappa shape index (κ3) is 2.49. The lowest BCUT2D eigenvalue weighted by molar-refractivity contribution is 1.15. The number of rotatable bonds is 2. The van der Waals surface area contributed by atoms with Crippen molar-refractivity contribution in [2.45, 2.75) is 0 Å². The Morgan fingerprint density at radius 3 is 2.52 bits per heavy atom. The van der Waals surface area contributed by atoms with Gasteiger partial charge in [0.05, 0.1) is 17.1 Å². The van der Waals surface area contributed by atoms with Gasteiger partial charge in [0, 0.05) is 23.8 Å². The van der Waals surface area contributed by atoms with Crippen molar-refractivity contribution in [3.05, 3.63) is 60.2 Å². The van der Waals surface area contributed by atoms with E-state index >= 15 is 0 Å². The van der Waals surface area contributed by atoms with Crippen LogP contribution in [0.15, 0.2) is 54.6 Å². The molecule has 0 amide bonds. The summed E-state index contributed by atoms with van der Waals surface area (Å²) in [5, 5.41) is 9.86. The van der Waals surface area contributed by atoms with Crippen LogP contribution in [0.5, 0.6) is 0 Å². The highest BCUT2D eigenvalue weighted by atomic mass is 15.2. The second-order valence-electron chi connectivity index (χ2n) is 4.84. The van der Waals surface area contributed by atoms with E-state index < -0.39 is 0 Å². The fourth-order valence-corrected chi connectivity index (χ4v) is 2.21. The molecule has 1 heterocycles. The van der Waals surface area contributed by atoms with E-state index in [0.29, 0.717) is 5.56 Å². The number of nitrogens with zero attached hydrogens (tertiary/aromatic N) is 3. The summed E-state index contributed by atoms with van der Waals surface area (Å²) in [6.07, 6.45) is 0. The van der Waals surface area contributed by atoms with Crippen LogP contribution >= 0.6 is 0 Å². The van der Waals surface area contributed by atoms with Crippen molar-refractivity contribution in [2.24, 2.45) is 0 Å². The van der Waals surface area contributed by atoms with Crippen LogP contribution in [0.4, 0.5) is 17.2 Å². The normalized spacial score (nSPS) is 10.3. The Morgan fingerprint density at radius 1 is 1.05 bits per heavy atom. The van der Waals surface area contributed by atoms with Gasteiger partial charge in [-0.2, -0.15) is 5.26 Å². The number of hydrogen-bond donors (Lipinski definition) is 1. The number of hydrogen-bond acceptors (Lipinski definition) is 4. The Balaban J connectivity index is 1.98. The molecule has 3 aromatic rings. The molecule has 0 bridgehead atoms. The molecule has 21 heavy (non-hydrogen) atoms. The van der Waals surface area contributed by atoms with Crippen LogP contribution < -0.4 is 10.6 Å². The minimum absolute atomic E-state index is 0.647. The van der Waals surface area contributed by atoms with Crippen LogP contribution in [-0.4, -0.2) is 12.0 Å². The molecule has 102 valence electrons. The standard InChI is InChI=1S/C17H14N4/c1-21(15-6-2-12(11-18)3-7-15)17-9-4-13-10-14(19)5-8-16(13)20-17/h2-10H,19H2,1H3. The van der Waals surface area contributed by atoms with Gasteiger partial charge in [-0.25, -0.2) is 4.98 Å². The fourth-order valence-electron chi connectivity index (χ4n) is 2.21. The van der Waals surface area contributed by atoms with Crippen molar-refractivity contribution < 1.29 is 0 Å². The van der Waals surface area contributed by atoms with E-state index in [1.54, 1.807) is 12.1 Å². The van der Waals surface area contributed by atoms with Gasteiger partial charge in [-0.05, 0) is 54.6 Å². The molecule has 0 spiro atoms. The maximum Gasteiger partial charge on any atom is 0.133 e. The van der Waals surface area contributed by atoms with E-state index in [0.717, 1.165) is 28.1 Å². The van der Waals surface area contributed by atoms with Crippen molar-refractivity contribution in [2.75, 3.05) is 17.7 Å². The molecule has 3 rings (SSSR count). The predicted octanol–water partition coefficient (Wildman–Crippen LogP) is 3.46. The van der Waals surface area contributed by atoms with Gasteiger partial charge in [-0.15, -0.1) is 0 Å². The number of fused-ring (bicyclic) bond motifs is 1. The average molecular weight is 274 g/mol. The second-order valence-corrected chi connectivity index (χ2v) is 4.84. The monoisotopic (exact) mass is 274 g/mol. The quantitative estimate of drug-likeness (QED) is 0.727. The molecule has 2 N–H and O–H groups in total. The van der Waals surface area contributed by atoms with E-state index in [1.807, 2.05) is 54.4 Å². The molecule has 2 aromatic carbocycles. The van der Waals surface area contributed by atoms with Crippen molar-refractivity contribution >= 4 is 28.1 Å². The van der Waals surface area contributed by atoms with E-state index in [9.17, 15) is 0 Å². The Kier molecular flexibility index (Phi) is 3.17. The highest BCUT2D eigenvalue weighted by Crippen LogP contribution is 2.25. The fraction of sp³-hybridized carbons (Fsp3) is 0.0588. The van der Waals surface area contributed by atoms with E-state index in [4.69, 9.17) is 11.0 Å². The number of nitrogens with two attached hydrogens (primary N) is 1. The smallest absolute Gasteiger partial charge is 0.133 e. The van der Waals surface area contributed by atoms with Gasteiger partial charge >= 0.3 is 0 Å². The molecule has 0 atom stereocenters. The van der Waals surface area contributed by atoms with Crippen LogP contribution in [0.2, 0.25) is 0 Å². The summed E-state index contributed by atoms with van der Waals surface area (Å²) in [7, 11) is 1.95. The Labute approximate surface area is 123 Å². The predicted molar refractivity (Wildman–Crippen MR) is 85.4 cm³/mol. The Bertz CT molecular complexity index is 832. The number of pyridine rings is 1. The van der Waals surface area contributed by atoms with Gasteiger partial charge < -0.3 is 10.6 Å². The largest absolute Gasteiger partial charge is 0.399 e. The maximum atomic E-state index is 8.84. The molecule has 0 aliphatic carbocycles. The summed E-state index contributed by atoms with van der Waals surface area (Å²) >= 11 is 0. The molecule has 0 aliphatic rings. The third-order valence-electron chi connectivity index (χ3n) is 3.43. The molecule has 0 saturated heterocycles. The molecule has 4 heteroatoms. The molecule has 1 aromatic heterocycles. The molecular formula is C17H14N4. The summed E-state index contributed by atoms with van der Waals surface area (Å²) in [5.41, 5.74) is 9.04. The number of nitriles is 1. The first-order chi connectivity index (χ1) is 10.2. The van der Waals surface area contributed by atoms with Gasteiger partial charge in [0.25, 0.3) is 0 Å². The second kappa shape index (κ2) is 5.14. The third-order valence-corrected chi connectivity index (χ3v) is 3.43.